The minimum absolute atomic E-state index is 0.0873. The van der Waals surface area contributed by atoms with Crippen molar-refractivity contribution in [2.75, 3.05) is 14.2 Å². The molecule has 9 heteroatoms. The Hall–Kier alpha value is -2.91. The van der Waals surface area contributed by atoms with Crippen LogP contribution in [0.5, 0.6) is 11.5 Å². The van der Waals surface area contributed by atoms with Gasteiger partial charge in [0.05, 0.1) is 32.1 Å². The third-order valence-corrected chi connectivity index (χ3v) is 5.25. The van der Waals surface area contributed by atoms with Crippen molar-refractivity contribution in [3.05, 3.63) is 66.2 Å². The lowest BCUT2D eigenvalue weighted by molar-refractivity contribution is 0.350. The van der Waals surface area contributed by atoms with Crippen LogP contribution in [0.2, 0.25) is 0 Å². The Labute approximate surface area is 156 Å². The van der Waals surface area contributed by atoms with Gasteiger partial charge >= 0.3 is 0 Å². The summed E-state index contributed by atoms with van der Waals surface area (Å²) in [4.78, 5) is -0.525. The van der Waals surface area contributed by atoms with E-state index < -0.39 is 20.7 Å². The molecular weight excluding hydrogens is 373 g/mol. The summed E-state index contributed by atoms with van der Waals surface area (Å²) in [5.74, 6) is -0.710. The first kappa shape index (κ1) is 18.9. The van der Waals surface area contributed by atoms with Crippen molar-refractivity contribution in [1.82, 2.24) is 14.5 Å². The maximum atomic E-state index is 14.2. The molecule has 1 heterocycles. The maximum Gasteiger partial charge on any atom is 0.243 e. The first-order valence-corrected chi connectivity index (χ1v) is 9.44. The highest BCUT2D eigenvalue weighted by Gasteiger charge is 2.22. The number of benzene rings is 2. The third kappa shape index (κ3) is 4.09. The molecule has 3 rings (SSSR count). The molecule has 142 valence electrons. The molecule has 0 saturated carbocycles. The van der Waals surface area contributed by atoms with Gasteiger partial charge < -0.3 is 9.47 Å². The van der Waals surface area contributed by atoms with Crippen LogP contribution in [0, 0.1) is 5.82 Å². The van der Waals surface area contributed by atoms with E-state index in [0.29, 0.717) is 5.69 Å². The predicted molar refractivity (Wildman–Crippen MR) is 97.1 cm³/mol. The highest BCUT2D eigenvalue weighted by molar-refractivity contribution is 7.89. The van der Waals surface area contributed by atoms with Gasteiger partial charge in [-0.25, -0.2) is 22.2 Å². The van der Waals surface area contributed by atoms with Crippen molar-refractivity contribution < 1.29 is 22.3 Å². The molecule has 0 aliphatic heterocycles. The van der Waals surface area contributed by atoms with Gasteiger partial charge in [-0.3, -0.25) is 0 Å². The molecule has 1 N–H and O–H groups in total. The molecule has 0 atom stereocenters. The Morgan fingerprint density at radius 2 is 1.74 bits per heavy atom. The fourth-order valence-corrected chi connectivity index (χ4v) is 3.54. The van der Waals surface area contributed by atoms with Crippen molar-refractivity contribution in [3.63, 3.8) is 0 Å². The van der Waals surface area contributed by atoms with Gasteiger partial charge in [-0.15, -0.1) is 0 Å². The summed E-state index contributed by atoms with van der Waals surface area (Å²) in [7, 11) is -1.43. The SMILES string of the molecule is COc1cc(F)c(S(=O)(=O)NCc2ccn(-c3ccccc3)n2)cc1OC. The summed E-state index contributed by atoms with van der Waals surface area (Å²) < 4.78 is 53.2. The van der Waals surface area contributed by atoms with Gasteiger partial charge in [-0.2, -0.15) is 5.10 Å². The Bertz CT molecular complexity index is 1040. The Morgan fingerprint density at radius 1 is 1.07 bits per heavy atom. The summed E-state index contributed by atoms with van der Waals surface area (Å²) in [5, 5.41) is 4.31. The van der Waals surface area contributed by atoms with E-state index in [1.54, 1.807) is 16.9 Å². The van der Waals surface area contributed by atoms with Crippen LogP contribution in [-0.4, -0.2) is 32.4 Å². The standard InChI is InChI=1S/C18H18FN3O4S/c1-25-16-10-15(19)18(11-17(16)26-2)27(23,24)20-12-13-8-9-22(21-13)14-6-4-3-5-7-14/h3-11,20H,12H2,1-2H3. The summed E-state index contributed by atoms with van der Waals surface area (Å²) >= 11 is 0. The number of hydrogen-bond acceptors (Lipinski definition) is 5. The number of nitrogens with zero attached hydrogens (tertiary/aromatic N) is 2. The van der Waals surface area contributed by atoms with Gasteiger partial charge in [-0.1, -0.05) is 18.2 Å². The Morgan fingerprint density at radius 3 is 2.41 bits per heavy atom. The normalized spacial score (nSPS) is 11.4. The minimum Gasteiger partial charge on any atom is -0.493 e. The number of sulfonamides is 1. The minimum atomic E-state index is -4.11. The molecule has 27 heavy (non-hydrogen) atoms. The van der Waals surface area contributed by atoms with Gasteiger partial charge in [0.2, 0.25) is 10.0 Å². The van der Waals surface area contributed by atoms with E-state index in [4.69, 9.17) is 9.47 Å². The molecule has 7 nitrogen and oxygen atoms in total. The fraction of sp³-hybridized carbons (Fsp3) is 0.167. The summed E-state index contributed by atoms with van der Waals surface area (Å²) in [5.41, 5.74) is 1.33. The highest BCUT2D eigenvalue weighted by atomic mass is 32.2. The van der Waals surface area contributed by atoms with E-state index in [2.05, 4.69) is 9.82 Å². The van der Waals surface area contributed by atoms with E-state index in [1.807, 2.05) is 30.3 Å². The summed E-state index contributed by atoms with van der Waals surface area (Å²) in [6.45, 7) is -0.0873. The van der Waals surface area contributed by atoms with Crippen LogP contribution in [0.1, 0.15) is 5.69 Å². The van der Waals surface area contributed by atoms with Crippen LogP contribution in [0.3, 0.4) is 0 Å². The van der Waals surface area contributed by atoms with Crippen molar-refractivity contribution in [3.8, 4) is 17.2 Å². The van der Waals surface area contributed by atoms with Crippen molar-refractivity contribution >= 4 is 10.0 Å². The smallest absolute Gasteiger partial charge is 0.243 e. The quantitative estimate of drug-likeness (QED) is 0.669. The number of rotatable bonds is 7. The molecule has 0 aliphatic rings. The molecule has 0 bridgehead atoms. The van der Waals surface area contributed by atoms with Crippen LogP contribution in [0.4, 0.5) is 4.39 Å². The van der Waals surface area contributed by atoms with Crippen LogP contribution in [0.15, 0.2) is 59.6 Å². The summed E-state index contributed by atoms with van der Waals surface area (Å²) in [6.07, 6.45) is 1.72. The number of methoxy groups -OCH3 is 2. The van der Waals surface area contributed by atoms with Gasteiger partial charge in [0.25, 0.3) is 0 Å². The molecular formula is C18H18FN3O4S. The largest absolute Gasteiger partial charge is 0.493 e. The lowest BCUT2D eigenvalue weighted by Crippen LogP contribution is -2.24. The van der Waals surface area contributed by atoms with Crippen LogP contribution in [-0.2, 0) is 16.6 Å². The third-order valence-electron chi connectivity index (χ3n) is 3.84. The average molecular weight is 391 g/mol. The topological polar surface area (TPSA) is 82.5 Å². The second-order valence-corrected chi connectivity index (χ2v) is 7.28. The van der Waals surface area contributed by atoms with E-state index in [-0.39, 0.29) is 18.0 Å². The van der Waals surface area contributed by atoms with Crippen LogP contribution >= 0.6 is 0 Å². The van der Waals surface area contributed by atoms with Crippen molar-refractivity contribution in [1.29, 1.82) is 0 Å². The molecule has 0 fully saturated rings. The number of nitrogens with one attached hydrogen (secondary N) is 1. The molecule has 0 unspecified atom stereocenters. The maximum absolute atomic E-state index is 14.2. The Kier molecular flexibility index (Phi) is 5.43. The van der Waals surface area contributed by atoms with Gasteiger partial charge in [0, 0.05) is 18.3 Å². The lowest BCUT2D eigenvalue weighted by Gasteiger charge is -2.11. The monoisotopic (exact) mass is 391 g/mol. The first-order valence-electron chi connectivity index (χ1n) is 7.96. The number of para-hydroxylation sites is 1. The number of aromatic nitrogens is 2. The van der Waals surface area contributed by atoms with Crippen LogP contribution < -0.4 is 14.2 Å². The molecule has 0 spiro atoms. The van der Waals surface area contributed by atoms with Gasteiger partial charge in [-0.05, 0) is 18.2 Å². The molecule has 0 radical (unpaired) electrons. The van der Waals surface area contributed by atoms with E-state index >= 15 is 0 Å². The van der Waals surface area contributed by atoms with Crippen molar-refractivity contribution in [2.24, 2.45) is 0 Å². The Balaban J connectivity index is 1.79. The highest BCUT2D eigenvalue weighted by Crippen LogP contribution is 2.31. The molecule has 1 aromatic heterocycles. The molecule has 0 amide bonds. The van der Waals surface area contributed by atoms with E-state index in [1.165, 1.54) is 14.2 Å². The zero-order chi connectivity index (χ0) is 19.4. The van der Waals surface area contributed by atoms with Crippen molar-refractivity contribution in [2.45, 2.75) is 11.4 Å². The average Bonchev–Trinajstić information content (AvgIpc) is 3.16. The molecule has 3 aromatic rings. The first-order chi connectivity index (χ1) is 12.9. The molecule has 0 saturated heterocycles. The zero-order valence-electron chi connectivity index (χ0n) is 14.7. The number of ether oxygens (including phenoxy) is 2. The van der Waals surface area contributed by atoms with Gasteiger partial charge in [0.15, 0.2) is 11.5 Å². The fourth-order valence-electron chi connectivity index (χ4n) is 2.47. The lowest BCUT2D eigenvalue weighted by atomic mass is 10.3. The molecule has 0 aliphatic carbocycles. The zero-order valence-corrected chi connectivity index (χ0v) is 15.5. The van der Waals surface area contributed by atoms with Gasteiger partial charge in [0.1, 0.15) is 10.7 Å². The number of hydrogen-bond donors (Lipinski definition) is 1. The van der Waals surface area contributed by atoms with E-state index in [9.17, 15) is 12.8 Å². The predicted octanol–water partition coefficient (Wildman–Crippen LogP) is 2.51. The second kappa shape index (κ2) is 7.77. The van der Waals surface area contributed by atoms with E-state index in [0.717, 1.165) is 17.8 Å². The summed E-state index contributed by atoms with van der Waals surface area (Å²) in [6, 6.07) is 13.1. The second-order valence-electron chi connectivity index (χ2n) is 5.55. The van der Waals surface area contributed by atoms with Crippen LogP contribution in [0.25, 0.3) is 5.69 Å². The number of halogens is 1. The molecule has 2 aromatic carbocycles.